The minimum atomic E-state index is 0. The van der Waals surface area contributed by atoms with Crippen LogP contribution in [0.3, 0.4) is 0 Å². The molecule has 0 radical (unpaired) electrons. The molecule has 0 aliphatic carbocycles. The molecule has 1 atom stereocenters. The molecule has 5 rings (SSSR count). The molecule has 0 N–H and O–H groups in total. The maximum Gasteiger partial charge on any atom is 0.119 e. The van der Waals surface area contributed by atoms with Gasteiger partial charge in [0, 0.05) is 6.54 Å². The van der Waals surface area contributed by atoms with E-state index in [1.807, 2.05) is 6.07 Å². The molecule has 2 nitrogen and oxygen atoms in total. The van der Waals surface area contributed by atoms with Crippen LogP contribution in [0.15, 0.2) is 54.6 Å². The lowest BCUT2D eigenvalue weighted by Crippen LogP contribution is -2.52. The first-order valence-corrected chi connectivity index (χ1v) is 8.59. The van der Waals surface area contributed by atoms with Crippen molar-refractivity contribution in [2.45, 2.75) is 18.9 Å². The lowest BCUT2D eigenvalue weighted by atomic mass is 9.86. The molecule has 2 aromatic carbocycles. The molecule has 0 saturated carbocycles. The van der Waals surface area contributed by atoms with Crippen LogP contribution in [0.5, 0.6) is 5.75 Å². The third kappa shape index (κ3) is 4.00. The maximum atomic E-state index is 6.24. The Bertz CT molecular complexity index is 660. The van der Waals surface area contributed by atoms with Crippen LogP contribution in [0, 0.1) is 5.92 Å². The van der Waals surface area contributed by atoms with Crippen molar-refractivity contribution in [3.05, 3.63) is 65.7 Å². The number of ether oxygens (including phenoxy) is 1. The Balaban J connectivity index is 0.00000169. The number of hydrogen-bond donors (Lipinski definition) is 0. The molecule has 3 aliphatic rings. The van der Waals surface area contributed by atoms with Crippen molar-refractivity contribution in [3.8, 4) is 5.75 Å². The van der Waals surface area contributed by atoms with Crippen LogP contribution in [0.25, 0.3) is 12.2 Å². The zero-order valence-corrected chi connectivity index (χ0v) is 14.6. The highest BCUT2D eigenvalue weighted by Gasteiger charge is 2.35. The monoisotopic (exact) mass is 341 g/mol. The normalized spacial score (nSPS) is 25.4. The second-order valence-electron chi connectivity index (χ2n) is 6.61. The van der Waals surface area contributed by atoms with Gasteiger partial charge in [-0.1, -0.05) is 54.6 Å². The van der Waals surface area contributed by atoms with E-state index < -0.39 is 0 Å². The minimum absolute atomic E-state index is 0. The molecule has 3 saturated heterocycles. The van der Waals surface area contributed by atoms with Gasteiger partial charge in [-0.05, 0) is 55.1 Å². The van der Waals surface area contributed by atoms with Gasteiger partial charge in [0.15, 0.2) is 0 Å². The van der Waals surface area contributed by atoms with Gasteiger partial charge in [0.1, 0.15) is 11.9 Å². The summed E-state index contributed by atoms with van der Waals surface area (Å²) in [7, 11) is 0. The van der Waals surface area contributed by atoms with E-state index in [2.05, 4.69) is 65.6 Å². The Kier molecular flexibility index (Phi) is 5.60. The molecule has 3 fully saturated rings. The maximum absolute atomic E-state index is 6.24. The summed E-state index contributed by atoms with van der Waals surface area (Å²) in [4.78, 5) is 2.53. The summed E-state index contributed by atoms with van der Waals surface area (Å²) < 4.78 is 6.24. The summed E-state index contributed by atoms with van der Waals surface area (Å²) >= 11 is 0. The average molecular weight is 342 g/mol. The molecule has 3 heteroatoms. The highest BCUT2D eigenvalue weighted by Crippen LogP contribution is 2.30. The van der Waals surface area contributed by atoms with E-state index >= 15 is 0 Å². The van der Waals surface area contributed by atoms with Crippen LogP contribution in [-0.2, 0) is 0 Å². The Labute approximate surface area is 150 Å². The van der Waals surface area contributed by atoms with Gasteiger partial charge < -0.3 is 4.74 Å². The lowest BCUT2D eigenvalue weighted by Gasteiger charge is -2.44. The number of benzene rings is 2. The highest BCUT2D eigenvalue weighted by atomic mass is 35.5. The molecule has 24 heavy (non-hydrogen) atoms. The minimum Gasteiger partial charge on any atom is -0.489 e. The zero-order valence-electron chi connectivity index (χ0n) is 13.8. The van der Waals surface area contributed by atoms with Crippen LogP contribution in [0.4, 0.5) is 0 Å². The fourth-order valence-corrected chi connectivity index (χ4v) is 3.63. The molecule has 3 heterocycles. The van der Waals surface area contributed by atoms with E-state index in [-0.39, 0.29) is 12.4 Å². The van der Waals surface area contributed by atoms with Gasteiger partial charge in [0.25, 0.3) is 0 Å². The van der Waals surface area contributed by atoms with E-state index in [9.17, 15) is 0 Å². The molecule has 0 spiro atoms. The zero-order chi connectivity index (χ0) is 15.5. The van der Waals surface area contributed by atoms with Gasteiger partial charge in [-0.15, -0.1) is 12.4 Å². The van der Waals surface area contributed by atoms with Gasteiger partial charge in [-0.2, -0.15) is 0 Å². The standard InChI is InChI=1S/C21H23NO.ClH/c1-2-4-17(5-3-1)6-7-18-8-10-20(11-9-18)23-21-16-22-14-12-19(21)13-15-22;/h1-11,19,21H,12-16H2;1H/b7-6+;. The largest absolute Gasteiger partial charge is 0.489 e. The molecule has 0 aromatic heterocycles. The van der Waals surface area contributed by atoms with E-state index in [1.54, 1.807) is 0 Å². The SMILES string of the molecule is C(=C\c1ccc(OC2CN3CCC2CC3)cc1)/c1ccccc1.Cl. The fourth-order valence-electron chi connectivity index (χ4n) is 3.63. The Hall–Kier alpha value is -1.77. The van der Waals surface area contributed by atoms with Crippen molar-refractivity contribution in [1.29, 1.82) is 0 Å². The van der Waals surface area contributed by atoms with Crippen LogP contribution >= 0.6 is 12.4 Å². The first-order chi connectivity index (χ1) is 11.4. The number of halogens is 1. The molecular weight excluding hydrogens is 318 g/mol. The highest BCUT2D eigenvalue weighted by molar-refractivity contribution is 5.85. The smallest absolute Gasteiger partial charge is 0.119 e. The van der Waals surface area contributed by atoms with Crippen LogP contribution in [-0.4, -0.2) is 30.6 Å². The molecule has 0 amide bonds. The van der Waals surface area contributed by atoms with Crippen LogP contribution in [0.2, 0.25) is 0 Å². The topological polar surface area (TPSA) is 12.5 Å². The summed E-state index contributed by atoms with van der Waals surface area (Å²) in [5.74, 6) is 1.75. The van der Waals surface area contributed by atoms with Crippen molar-refractivity contribution in [2.75, 3.05) is 19.6 Å². The lowest BCUT2D eigenvalue weighted by molar-refractivity contribution is -0.00775. The Morgan fingerprint density at radius 3 is 2.04 bits per heavy atom. The predicted molar refractivity (Wildman–Crippen MR) is 103 cm³/mol. The number of piperidine rings is 3. The first kappa shape index (κ1) is 17.1. The number of fused-ring (bicyclic) bond motifs is 3. The quantitative estimate of drug-likeness (QED) is 0.744. The summed E-state index contributed by atoms with van der Waals surface area (Å²) in [5.41, 5.74) is 2.43. The van der Waals surface area contributed by atoms with E-state index in [4.69, 9.17) is 4.74 Å². The number of nitrogens with zero attached hydrogens (tertiary/aromatic N) is 1. The summed E-state index contributed by atoms with van der Waals surface area (Å²) in [5, 5.41) is 0. The molecule has 1 unspecified atom stereocenters. The summed E-state index contributed by atoms with van der Waals surface area (Å²) in [6.45, 7) is 3.61. The second kappa shape index (κ2) is 7.87. The van der Waals surface area contributed by atoms with Gasteiger partial charge in [0.05, 0.1) is 0 Å². The third-order valence-corrected chi connectivity index (χ3v) is 5.03. The summed E-state index contributed by atoms with van der Waals surface area (Å²) in [6, 6.07) is 18.9. The van der Waals surface area contributed by atoms with Crippen molar-refractivity contribution in [1.82, 2.24) is 4.90 Å². The van der Waals surface area contributed by atoms with E-state index in [1.165, 1.54) is 37.1 Å². The van der Waals surface area contributed by atoms with Gasteiger partial charge in [0.2, 0.25) is 0 Å². The van der Waals surface area contributed by atoms with Crippen molar-refractivity contribution in [2.24, 2.45) is 5.92 Å². The first-order valence-electron chi connectivity index (χ1n) is 8.59. The van der Waals surface area contributed by atoms with Crippen molar-refractivity contribution in [3.63, 3.8) is 0 Å². The Morgan fingerprint density at radius 1 is 0.833 bits per heavy atom. The van der Waals surface area contributed by atoms with Gasteiger partial charge >= 0.3 is 0 Å². The van der Waals surface area contributed by atoms with Gasteiger partial charge in [-0.25, -0.2) is 0 Å². The van der Waals surface area contributed by atoms with Crippen LogP contribution < -0.4 is 4.74 Å². The number of hydrogen-bond acceptors (Lipinski definition) is 2. The molecule has 3 aliphatic heterocycles. The summed E-state index contributed by atoms with van der Waals surface area (Å²) in [6.07, 6.45) is 7.25. The fraction of sp³-hybridized carbons (Fsp3) is 0.333. The number of rotatable bonds is 4. The van der Waals surface area contributed by atoms with Crippen molar-refractivity contribution < 1.29 is 4.74 Å². The molecule has 126 valence electrons. The molecular formula is C21H24ClNO. The van der Waals surface area contributed by atoms with Gasteiger partial charge in [-0.3, -0.25) is 4.90 Å². The van der Waals surface area contributed by atoms with E-state index in [0.29, 0.717) is 6.10 Å². The predicted octanol–water partition coefficient (Wildman–Crippen LogP) is 4.75. The molecule has 2 aromatic rings. The van der Waals surface area contributed by atoms with Crippen LogP contribution in [0.1, 0.15) is 24.0 Å². The Morgan fingerprint density at radius 2 is 1.46 bits per heavy atom. The van der Waals surface area contributed by atoms with E-state index in [0.717, 1.165) is 18.2 Å². The van der Waals surface area contributed by atoms with Crippen molar-refractivity contribution >= 4 is 24.6 Å². The average Bonchev–Trinajstić information content (AvgIpc) is 2.63. The molecule has 2 bridgehead atoms. The second-order valence-corrected chi connectivity index (χ2v) is 6.61. The third-order valence-electron chi connectivity index (χ3n) is 5.03.